The Morgan fingerprint density at radius 1 is 0.652 bits per heavy atom. The van der Waals surface area contributed by atoms with Gasteiger partial charge in [-0.2, -0.15) is 0 Å². The third-order valence-corrected chi connectivity index (χ3v) is 3.32. The van der Waals surface area contributed by atoms with Crippen molar-refractivity contribution in [3.8, 4) is 0 Å². The third-order valence-electron chi connectivity index (χ3n) is 3.32. The number of aliphatic carboxylic acids is 2. The van der Waals surface area contributed by atoms with Crippen LogP contribution in [0.3, 0.4) is 0 Å². The van der Waals surface area contributed by atoms with Crippen molar-refractivity contribution in [1.29, 1.82) is 0 Å². The molecule has 0 saturated heterocycles. The fourth-order valence-corrected chi connectivity index (χ4v) is 2.00. The summed E-state index contributed by atoms with van der Waals surface area (Å²) in [7, 11) is 0. The minimum absolute atomic E-state index is 0. The smallest absolute Gasteiger partial charge is 0.550 e. The first kappa shape index (κ1) is 27.3. The van der Waals surface area contributed by atoms with Crippen LogP contribution in [0.4, 0.5) is 0 Å². The van der Waals surface area contributed by atoms with Crippen LogP contribution in [0, 0.1) is 11.8 Å². The molecule has 23 heavy (non-hydrogen) atoms. The van der Waals surface area contributed by atoms with Gasteiger partial charge in [0.05, 0.1) is 0 Å². The first-order valence-corrected chi connectivity index (χ1v) is 8.65. The molecule has 0 saturated carbocycles. The van der Waals surface area contributed by atoms with Gasteiger partial charge in [0.25, 0.3) is 0 Å². The summed E-state index contributed by atoms with van der Waals surface area (Å²) in [5.74, 6) is -0.375. The second-order valence-electron chi connectivity index (χ2n) is 6.73. The van der Waals surface area contributed by atoms with E-state index in [1.165, 1.54) is 12.8 Å². The Balaban J connectivity index is -0.000000333. The van der Waals surface area contributed by atoms with E-state index in [2.05, 4.69) is 27.7 Å². The zero-order valence-corrected chi connectivity index (χ0v) is 16.3. The molecule has 0 rings (SSSR count). The maximum absolute atomic E-state index is 9.99. The average molecular weight is 370 g/mol. The Morgan fingerprint density at radius 3 is 1.17 bits per heavy atom. The number of carbonyl (C=O) groups excluding carboxylic acids is 2. The third kappa shape index (κ3) is 34.0. The number of hydrogen-bond donors (Lipinski definition) is 0. The van der Waals surface area contributed by atoms with Gasteiger partial charge in [-0.3, -0.25) is 0 Å². The molecule has 0 aromatic carbocycles. The molecular weight excluding hydrogens is 336 g/mol. The van der Waals surface area contributed by atoms with Gasteiger partial charge in [0.15, 0.2) is 0 Å². The number of hydrogen-bond acceptors (Lipinski definition) is 4. The van der Waals surface area contributed by atoms with Gasteiger partial charge < -0.3 is 19.8 Å². The first-order valence-electron chi connectivity index (χ1n) is 8.65. The number of carboxylic acids is 2. The summed E-state index contributed by atoms with van der Waals surface area (Å²) < 4.78 is 0. The number of rotatable bonds is 12. The monoisotopic (exact) mass is 370 g/mol. The molecule has 138 valence electrons. The van der Waals surface area contributed by atoms with Crippen molar-refractivity contribution >= 4 is 11.9 Å². The van der Waals surface area contributed by atoms with Crippen LogP contribution in [0.1, 0.15) is 91.9 Å². The maximum atomic E-state index is 9.99. The van der Waals surface area contributed by atoms with Crippen molar-refractivity contribution in [1.82, 2.24) is 0 Å². The van der Waals surface area contributed by atoms with E-state index in [0.717, 1.165) is 50.4 Å². The molecule has 0 amide bonds. The van der Waals surface area contributed by atoms with E-state index in [4.69, 9.17) is 0 Å². The van der Waals surface area contributed by atoms with Crippen LogP contribution in [-0.4, -0.2) is 11.9 Å². The molecule has 0 aliphatic rings. The van der Waals surface area contributed by atoms with Gasteiger partial charge in [0, 0.05) is 11.9 Å². The second-order valence-corrected chi connectivity index (χ2v) is 6.73. The molecule has 4 nitrogen and oxygen atoms in total. The Kier molecular flexibility index (Phi) is 23.2. The first-order chi connectivity index (χ1) is 10.3. The minimum Gasteiger partial charge on any atom is -0.550 e. The van der Waals surface area contributed by atoms with Crippen molar-refractivity contribution < 1.29 is 36.9 Å². The van der Waals surface area contributed by atoms with Crippen molar-refractivity contribution in [2.45, 2.75) is 91.9 Å². The molecule has 0 aromatic heterocycles. The molecule has 5 heteroatoms. The van der Waals surface area contributed by atoms with Gasteiger partial charge >= 0.3 is 17.1 Å². The predicted molar refractivity (Wildman–Crippen MR) is 85.9 cm³/mol. The molecule has 0 fully saturated rings. The quantitative estimate of drug-likeness (QED) is 0.391. The molecule has 0 unspecified atom stereocenters. The van der Waals surface area contributed by atoms with Gasteiger partial charge in [-0.25, -0.2) is 0 Å². The van der Waals surface area contributed by atoms with E-state index in [1.54, 1.807) is 0 Å². The van der Waals surface area contributed by atoms with Crippen LogP contribution in [0.2, 0.25) is 0 Å². The summed E-state index contributed by atoms with van der Waals surface area (Å²) in [6.07, 6.45) is 8.72. The molecule has 0 bridgehead atoms. The van der Waals surface area contributed by atoms with Crippen molar-refractivity contribution in [2.75, 3.05) is 0 Å². The molecule has 0 aromatic rings. The summed E-state index contributed by atoms with van der Waals surface area (Å²) in [5, 5.41) is 20.0. The zero-order chi connectivity index (χ0) is 17.4. The van der Waals surface area contributed by atoms with Crippen LogP contribution in [-0.2, 0) is 26.7 Å². The minimum atomic E-state index is -0.922. The summed E-state index contributed by atoms with van der Waals surface area (Å²) >= 11 is 0. The molecular formula is C18H34FeO4. The molecule has 0 spiro atoms. The maximum Gasteiger partial charge on any atom is 2.00 e. The molecule has 0 aliphatic carbocycles. The van der Waals surface area contributed by atoms with Gasteiger partial charge in [0.1, 0.15) is 0 Å². The standard InChI is InChI=1S/2C9H18O2.Fe/c2*1-8(2)6-4-3-5-7-9(10)11;/h2*8H,3-7H2,1-2H3,(H,10,11);/q;;+2/p-2. The Bertz CT molecular complexity index is 250. The van der Waals surface area contributed by atoms with Gasteiger partial charge in [-0.05, 0) is 37.5 Å². The van der Waals surface area contributed by atoms with Crippen molar-refractivity contribution in [2.24, 2.45) is 11.8 Å². The molecule has 0 N–H and O–H groups in total. The Labute approximate surface area is 152 Å². The average Bonchev–Trinajstić information content (AvgIpc) is 2.37. The number of carbonyl (C=O) groups is 2. The van der Waals surface area contributed by atoms with E-state index in [9.17, 15) is 19.8 Å². The van der Waals surface area contributed by atoms with Crippen LogP contribution in [0.5, 0.6) is 0 Å². The van der Waals surface area contributed by atoms with Crippen molar-refractivity contribution in [3.63, 3.8) is 0 Å². The van der Waals surface area contributed by atoms with Gasteiger partial charge in [0.2, 0.25) is 0 Å². The van der Waals surface area contributed by atoms with Crippen LogP contribution in [0.15, 0.2) is 0 Å². The van der Waals surface area contributed by atoms with Crippen LogP contribution < -0.4 is 10.2 Å². The SMILES string of the molecule is CC(C)CCCCCC(=O)[O-].CC(C)CCCCCC(=O)[O-].[Fe+2]. The molecule has 0 radical (unpaired) electrons. The summed E-state index contributed by atoms with van der Waals surface area (Å²) in [6, 6.07) is 0. The largest absolute Gasteiger partial charge is 2.00 e. The molecule has 0 atom stereocenters. The van der Waals surface area contributed by atoms with E-state index >= 15 is 0 Å². The summed E-state index contributed by atoms with van der Waals surface area (Å²) in [4.78, 5) is 20.0. The van der Waals surface area contributed by atoms with Crippen molar-refractivity contribution in [3.05, 3.63) is 0 Å². The fourth-order valence-electron chi connectivity index (χ4n) is 2.00. The Hall–Kier alpha value is -0.541. The van der Waals surface area contributed by atoms with E-state index < -0.39 is 11.9 Å². The van der Waals surface area contributed by atoms with E-state index in [-0.39, 0.29) is 29.9 Å². The predicted octanol–water partition coefficient (Wildman–Crippen LogP) is 2.68. The zero-order valence-electron chi connectivity index (χ0n) is 15.2. The van der Waals surface area contributed by atoms with Gasteiger partial charge in [-0.15, -0.1) is 0 Å². The fraction of sp³-hybridized carbons (Fsp3) is 0.889. The van der Waals surface area contributed by atoms with Crippen LogP contribution >= 0.6 is 0 Å². The normalized spacial score (nSPS) is 10.0. The molecule has 0 heterocycles. The molecule has 0 aliphatic heterocycles. The van der Waals surface area contributed by atoms with Crippen LogP contribution in [0.25, 0.3) is 0 Å². The number of unbranched alkanes of at least 4 members (excludes halogenated alkanes) is 4. The topological polar surface area (TPSA) is 80.3 Å². The van der Waals surface area contributed by atoms with E-state index in [1.807, 2.05) is 0 Å². The van der Waals surface area contributed by atoms with Gasteiger partial charge in [-0.1, -0.05) is 66.2 Å². The number of carboxylic acid groups (broad SMARTS) is 2. The second kappa shape index (κ2) is 19.5. The summed E-state index contributed by atoms with van der Waals surface area (Å²) in [6.45, 7) is 8.72. The Morgan fingerprint density at radius 2 is 0.957 bits per heavy atom. The van der Waals surface area contributed by atoms with E-state index in [0.29, 0.717) is 0 Å². The summed E-state index contributed by atoms with van der Waals surface area (Å²) in [5.41, 5.74) is 0.